The van der Waals surface area contributed by atoms with Crippen molar-refractivity contribution in [3.05, 3.63) is 22.4 Å². The van der Waals surface area contributed by atoms with Gasteiger partial charge in [0.25, 0.3) is 0 Å². The summed E-state index contributed by atoms with van der Waals surface area (Å²) in [5, 5.41) is 2.15. The zero-order chi connectivity index (χ0) is 12.4. The minimum atomic E-state index is 0.205. The second-order valence-corrected chi connectivity index (χ2v) is 7.03. The van der Waals surface area contributed by atoms with Crippen molar-refractivity contribution in [3.8, 4) is 0 Å². The molecule has 3 rings (SSSR count). The number of ether oxygens (including phenoxy) is 1. The molecule has 0 saturated carbocycles. The molecule has 2 aromatic heterocycles. The number of nitrogens with two attached hydrogens (primary N) is 1. The van der Waals surface area contributed by atoms with E-state index in [0.29, 0.717) is 6.10 Å². The van der Waals surface area contributed by atoms with E-state index in [1.54, 1.807) is 11.3 Å². The highest BCUT2D eigenvalue weighted by molar-refractivity contribution is 7.26. The topological polar surface area (TPSA) is 35.2 Å². The van der Waals surface area contributed by atoms with E-state index >= 15 is 0 Å². The Kier molecular flexibility index (Phi) is 3.99. The standard InChI is InChI=1S/C14H19NOS2/c15-11(5-1-3-10-4-2-7-16-10)13-9-14-12(18-13)6-8-17-14/h6,8-11H,1-5,7,15H2. The van der Waals surface area contributed by atoms with Gasteiger partial charge in [-0.1, -0.05) is 0 Å². The molecule has 3 heterocycles. The lowest BCUT2D eigenvalue weighted by molar-refractivity contribution is 0.101. The molecule has 1 fully saturated rings. The Morgan fingerprint density at radius 1 is 1.44 bits per heavy atom. The lowest BCUT2D eigenvalue weighted by atomic mass is 10.0. The van der Waals surface area contributed by atoms with E-state index in [2.05, 4.69) is 17.5 Å². The molecule has 18 heavy (non-hydrogen) atoms. The van der Waals surface area contributed by atoms with Crippen LogP contribution in [0.25, 0.3) is 9.40 Å². The van der Waals surface area contributed by atoms with Crippen LogP contribution in [0.2, 0.25) is 0 Å². The molecule has 2 N–H and O–H groups in total. The molecule has 2 unspecified atom stereocenters. The summed E-state index contributed by atoms with van der Waals surface area (Å²) >= 11 is 3.65. The van der Waals surface area contributed by atoms with Crippen molar-refractivity contribution in [2.45, 2.75) is 44.2 Å². The molecule has 2 nitrogen and oxygen atoms in total. The van der Waals surface area contributed by atoms with Crippen LogP contribution in [0.5, 0.6) is 0 Å². The fourth-order valence-electron chi connectivity index (χ4n) is 2.55. The number of hydrogen-bond donors (Lipinski definition) is 1. The van der Waals surface area contributed by atoms with Crippen molar-refractivity contribution in [2.75, 3.05) is 6.61 Å². The van der Waals surface area contributed by atoms with Gasteiger partial charge in [-0.2, -0.15) is 0 Å². The predicted octanol–water partition coefficient (Wildman–Crippen LogP) is 4.31. The molecule has 0 radical (unpaired) electrons. The lowest BCUT2D eigenvalue weighted by Gasteiger charge is -2.12. The molecule has 2 atom stereocenters. The summed E-state index contributed by atoms with van der Waals surface area (Å²) in [6.45, 7) is 0.956. The molecule has 2 aromatic rings. The summed E-state index contributed by atoms with van der Waals surface area (Å²) in [5.74, 6) is 0. The Labute approximate surface area is 116 Å². The number of fused-ring (bicyclic) bond motifs is 1. The maximum Gasteiger partial charge on any atom is 0.0576 e. The van der Waals surface area contributed by atoms with Crippen LogP contribution in [-0.2, 0) is 4.74 Å². The van der Waals surface area contributed by atoms with E-state index in [9.17, 15) is 0 Å². The summed E-state index contributed by atoms with van der Waals surface area (Å²) < 4.78 is 8.40. The van der Waals surface area contributed by atoms with Gasteiger partial charge in [0.1, 0.15) is 0 Å². The van der Waals surface area contributed by atoms with Crippen molar-refractivity contribution >= 4 is 32.1 Å². The first-order chi connectivity index (χ1) is 8.83. The van der Waals surface area contributed by atoms with Crippen molar-refractivity contribution < 1.29 is 4.74 Å². The van der Waals surface area contributed by atoms with E-state index in [-0.39, 0.29) is 6.04 Å². The Balaban J connectivity index is 1.51. The van der Waals surface area contributed by atoms with Gasteiger partial charge in [0.2, 0.25) is 0 Å². The number of hydrogen-bond acceptors (Lipinski definition) is 4. The Bertz CT molecular complexity index is 470. The highest BCUT2D eigenvalue weighted by atomic mass is 32.1. The van der Waals surface area contributed by atoms with Gasteiger partial charge in [-0.3, -0.25) is 0 Å². The van der Waals surface area contributed by atoms with Crippen LogP contribution in [0.4, 0.5) is 0 Å². The van der Waals surface area contributed by atoms with E-state index in [1.165, 1.54) is 40.0 Å². The molecule has 98 valence electrons. The molecule has 0 aliphatic carbocycles. The van der Waals surface area contributed by atoms with Gasteiger partial charge in [-0.25, -0.2) is 0 Å². The van der Waals surface area contributed by atoms with Crippen molar-refractivity contribution in [1.29, 1.82) is 0 Å². The molecule has 1 aliphatic rings. The Morgan fingerprint density at radius 2 is 2.39 bits per heavy atom. The van der Waals surface area contributed by atoms with Crippen LogP contribution >= 0.6 is 22.7 Å². The molecule has 0 spiro atoms. The van der Waals surface area contributed by atoms with E-state index in [1.807, 2.05) is 11.3 Å². The fraction of sp³-hybridized carbons (Fsp3) is 0.571. The summed E-state index contributed by atoms with van der Waals surface area (Å²) in [6.07, 6.45) is 6.41. The maximum atomic E-state index is 6.28. The monoisotopic (exact) mass is 281 g/mol. The quantitative estimate of drug-likeness (QED) is 0.886. The van der Waals surface area contributed by atoms with E-state index in [4.69, 9.17) is 10.5 Å². The number of rotatable bonds is 5. The van der Waals surface area contributed by atoms with Crippen LogP contribution in [0.3, 0.4) is 0 Å². The smallest absolute Gasteiger partial charge is 0.0576 e. The highest BCUT2D eigenvalue weighted by Crippen LogP contribution is 2.34. The van der Waals surface area contributed by atoms with Crippen LogP contribution in [-0.4, -0.2) is 12.7 Å². The van der Waals surface area contributed by atoms with E-state index in [0.717, 1.165) is 13.0 Å². The molecule has 1 saturated heterocycles. The third-order valence-electron chi connectivity index (χ3n) is 3.59. The van der Waals surface area contributed by atoms with Crippen LogP contribution in [0, 0.1) is 0 Å². The minimum Gasteiger partial charge on any atom is -0.378 e. The van der Waals surface area contributed by atoms with Crippen molar-refractivity contribution in [2.24, 2.45) is 5.73 Å². The Hall–Kier alpha value is -0.420. The van der Waals surface area contributed by atoms with Gasteiger partial charge in [0, 0.05) is 26.9 Å². The molecular weight excluding hydrogens is 262 g/mol. The summed E-state index contributed by atoms with van der Waals surface area (Å²) in [6, 6.07) is 4.66. The summed E-state index contributed by atoms with van der Waals surface area (Å²) in [5.41, 5.74) is 6.28. The molecule has 4 heteroatoms. The largest absolute Gasteiger partial charge is 0.378 e. The first-order valence-electron chi connectivity index (χ1n) is 6.67. The Morgan fingerprint density at radius 3 is 3.17 bits per heavy atom. The molecular formula is C14H19NOS2. The zero-order valence-corrected chi connectivity index (χ0v) is 12.1. The third-order valence-corrected chi connectivity index (χ3v) is 5.81. The van der Waals surface area contributed by atoms with Gasteiger partial charge in [-0.15, -0.1) is 22.7 Å². The zero-order valence-electron chi connectivity index (χ0n) is 10.4. The van der Waals surface area contributed by atoms with Crippen LogP contribution in [0.15, 0.2) is 17.5 Å². The molecule has 0 amide bonds. The normalized spacial score (nSPS) is 21.7. The third kappa shape index (κ3) is 2.77. The molecule has 0 bridgehead atoms. The summed E-state index contributed by atoms with van der Waals surface area (Å²) in [7, 11) is 0. The molecule has 1 aliphatic heterocycles. The second kappa shape index (κ2) is 5.70. The van der Waals surface area contributed by atoms with Gasteiger partial charge in [0.05, 0.1) is 6.10 Å². The fourth-order valence-corrected chi connectivity index (χ4v) is 4.70. The van der Waals surface area contributed by atoms with Gasteiger partial charge < -0.3 is 10.5 Å². The highest BCUT2D eigenvalue weighted by Gasteiger charge is 2.16. The van der Waals surface area contributed by atoms with Crippen LogP contribution < -0.4 is 5.73 Å². The van der Waals surface area contributed by atoms with Gasteiger partial charge in [-0.05, 0) is 49.6 Å². The maximum absolute atomic E-state index is 6.28. The second-order valence-electron chi connectivity index (χ2n) is 4.97. The first-order valence-corrected chi connectivity index (χ1v) is 8.36. The van der Waals surface area contributed by atoms with Crippen molar-refractivity contribution in [1.82, 2.24) is 0 Å². The SMILES string of the molecule is NC(CCCC1CCCO1)c1cc2sccc2s1. The summed E-state index contributed by atoms with van der Waals surface area (Å²) in [4.78, 5) is 1.34. The molecule has 0 aromatic carbocycles. The predicted molar refractivity (Wildman–Crippen MR) is 79.5 cm³/mol. The van der Waals surface area contributed by atoms with E-state index < -0.39 is 0 Å². The average Bonchev–Trinajstić information content (AvgIpc) is 3.04. The lowest BCUT2D eigenvalue weighted by Crippen LogP contribution is -2.10. The first kappa shape index (κ1) is 12.6. The van der Waals surface area contributed by atoms with Crippen molar-refractivity contribution in [3.63, 3.8) is 0 Å². The number of thiophene rings is 2. The average molecular weight is 281 g/mol. The van der Waals surface area contributed by atoms with Crippen LogP contribution in [0.1, 0.15) is 43.0 Å². The van der Waals surface area contributed by atoms with Gasteiger partial charge in [0.15, 0.2) is 0 Å². The van der Waals surface area contributed by atoms with Gasteiger partial charge >= 0.3 is 0 Å². The minimum absolute atomic E-state index is 0.205.